The average Bonchev–Trinajstić information content (AvgIpc) is 2.62. The minimum atomic E-state index is 0.149. The van der Waals surface area contributed by atoms with Crippen molar-refractivity contribution >= 4 is 6.03 Å². The number of hydrogen-bond donors (Lipinski definition) is 2. The van der Waals surface area contributed by atoms with Gasteiger partial charge < -0.3 is 20.3 Å². The maximum atomic E-state index is 12.3. The van der Waals surface area contributed by atoms with Crippen molar-refractivity contribution in [2.45, 2.75) is 76.0 Å². The third-order valence-electron chi connectivity index (χ3n) is 5.37. The number of rotatable bonds is 4. The summed E-state index contributed by atoms with van der Waals surface area (Å²) in [6.45, 7) is 2.65. The number of likely N-dealkylation sites (tertiary alicyclic amines) is 1. The van der Waals surface area contributed by atoms with Gasteiger partial charge in [-0.25, -0.2) is 4.79 Å². The Morgan fingerprint density at radius 1 is 1.04 bits per heavy atom. The Morgan fingerprint density at radius 2 is 1.83 bits per heavy atom. The van der Waals surface area contributed by atoms with E-state index in [9.17, 15) is 4.79 Å². The van der Waals surface area contributed by atoms with Crippen LogP contribution in [0.1, 0.15) is 57.8 Å². The van der Waals surface area contributed by atoms with Crippen LogP contribution in [0.5, 0.6) is 0 Å². The third-order valence-corrected chi connectivity index (χ3v) is 5.37. The summed E-state index contributed by atoms with van der Waals surface area (Å²) in [5.74, 6) is 0. The maximum Gasteiger partial charge on any atom is 0.317 e. The van der Waals surface area contributed by atoms with Crippen LogP contribution in [-0.2, 0) is 4.74 Å². The second-order valence-corrected chi connectivity index (χ2v) is 7.16. The molecular weight excluding hydrogens is 290 g/mol. The fourth-order valence-corrected chi connectivity index (χ4v) is 3.83. The van der Waals surface area contributed by atoms with Crippen molar-refractivity contribution in [3.8, 4) is 0 Å². The molecule has 0 aromatic heterocycles. The lowest BCUT2D eigenvalue weighted by Crippen LogP contribution is -2.51. The number of amides is 2. The fraction of sp³-hybridized carbons (Fsp3) is 0.833. The predicted molar refractivity (Wildman–Crippen MR) is 91.2 cm³/mol. The molecule has 2 heterocycles. The predicted octanol–water partition coefficient (Wildman–Crippen LogP) is 2.78. The molecule has 23 heavy (non-hydrogen) atoms. The second-order valence-electron chi connectivity index (χ2n) is 7.16. The first-order chi connectivity index (χ1) is 11.3. The monoisotopic (exact) mass is 321 g/mol. The highest BCUT2D eigenvalue weighted by Crippen LogP contribution is 2.18. The summed E-state index contributed by atoms with van der Waals surface area (Å²) in [5, 5.41) is 6.84. The molecule has 2 amide bonds. The van der Waals surface area contributed by atoms with Crippen molar-refractivity contribution in [3.63, 3.8) is 0 Å². The Kier molecular flexibility index (Phi) is 6.20. The van der Waals surface area contributed by atoms with E-state index in [1.807, 2.05) is 11.2 Å². The number of carbonyl (C=O) groups excluding carboxylic acids is 1. The minimum absolute atomic E-state index is 0.149. The third kappa shape index (κ3) is 5.13. The molecule has 0 bridgehead atoms. The lowest BCUT2D eigenvalue weighted by molar-refractivity contribution is 0.113. The number of piperidine rings is 1. The largest absolute Gasteiger partial charge is 0.497 e. The van der Waals surface area contributed by atoms with Crippen molar-refractivity contribution in [2.75, 3.05) is 19.6 Å². The molecule has 5 nitrogen and oxygen atoms in total. The molecule has 2 N–H and O–H groups in total. The van der Waals surface area contributed by atoms with Crippen LogP contribution in [0.4, 0.5) is 4.79 Å². The van der Waals surface area contributed by atoms with Gasteiger partial charge in [-0.15, -0.1) is 0 Å². The number of urea groups is 1. The van der Waals surface area contributed by atoms with E-state index in [4.69, 9.17) is 4.74 Å². The molecule has 1 saturated heterocycles. The topological polar surface area (TPSA) is 53.6 Å². The molecule has 5 heteroatoms. The Morgan fingerprint density at radius 3 is 2.52 bits per heavy atom. The zero-order chi connectivity index (χ0) is 15.9. The zero-order valence-corrected chi connectivity index (χ0v) is 14.1. The van der Waals surface area contributed by atoms with Gasteiger partial charge in [0.2, 0.25) is 0 Å². The quantitative estimate of drug-likeness (QED) is 0.837. The number of allylic oxidation sites excluding steroid dienone is 1. The van der Waals surface area contributed by atoms with Crippen molar-refractivity contribution in [2.24, 2.45) is 0 Å². The molecule has 0 spiro atoms. The van der Waals surface area contributed by atoms with E-state index in [1.54, 1.807) is 0 Å². The van der Waals surface area contributed by atoms with Crippen molar-refractivity contribution in [1.29, 1.82) is 0 Å². The molecule has 0 aromatic carbocycles. The standard InChI is InChI=1S/C18H31N3O2/c22-18(20-16-6-2-1-3-7-16)21-11-9-15(10-12-21)19-14-17-8-4-5-13-23-17/h5,13,15-17,19H,1-4,6-12,14H2,(H,20,22). The molecule has 3 rings (SSSR count). The highest BCUT2D eigenvalue weighted by atomic mass is 16.5. The van der Waals surface area contributed by atoms with E-state index < -0.39 is 0 Å². The molecule has 0 aromatic rings. The summed E-state index contributed by atoms with van der Waals surface area (Å²) in [5.41, 5.74) is 0. The first-order valence-corrected chi connectivity index (χ1v) is 9.40. The van der Waals surface area contributed by atoms with Crippen LogP contribution in [0.25, 0.3) is 0 Å². The Hall–Kier alpha value is -1.23. The molecule has 1 saturated carbocycles. The summed E-state index contributed by atoms with van der Waals surface area (Å²) in [6, 6.07) is 1.07. The van der Waals surface area contributed by atoms with E-state index in [-0.39, 0.29) is 6.03 Å². The fourth-order valence-electron chi connectivity index (χ4n) is 3.83. The van der Waals surface area contributed by atoms with E-state index in [2.05, 4.69) is 16.7 Å². The molecule has 1 aliphatic carbocycles. The van der Waals surface area contributed by atoms with Gasteiger partial charge in [-0.05, 0) is 44.6 Å². The average molecular weight is 321 g/mol. The van der Waals surface area contributed by atoms with Crippen LogP contribution in [0, 0.1) is 0 Å². The highest BCUT2D eigenvalue weighted by molar-refractivity contribution is 5.74. The van der Waals surface area contributed by atoms with Gasteiger partial charge in [0.05, 0.1) is 6.26 Å². The van der Waals surface area contributed by atoms with Gasteiger partial charge in [0.1, 0.15) is 6.10 Å². The second kappa shape index (κ2) is 8.57. The lowest BCUT2D eigenvalue weighted by atomic mass is 9.95. The Bertz CT molecular complexity index is 399. The summed E-state index contributed by atoms with van der Waals surface area (Å²) >= 11 is 0. The number of ether oxygens (including phenoxy) is 1. The van der Waals surface area contributed by atoms with Crippen LogP contribution >= 0.6 is 0 Å². The van der Waals surface area contributed by atoms with Crippen molar-refractivity contribution in [1.82, 2.24) is 15.5 Å². The minimum Gasteiger partial charge on any atom is -0.497 e. The Labute approximate surface area is 139 Å². The van der Waals surface area contributed by atoms with E-state index in [0.29, 0.717) is 18.2 Å². The van der Waals surface area contributed by atoms with Gasteiger partial charge >= 0.3 is 6.03 Å². The van der Waals surface area contributed by atoms with Gasteiger partial charge in [0, 0.05) is 31.7 Å². The van der Waals surface area contributed by atoms with Gasteiger partial charge in [0.15, 0.2) is 0 Å². The molecule has 2 fully saturated rings. The van der Waals surface area contributed by atoms with Crippen LogP contribution in [0.15, 0.2) is 12.3 Å². The molecule has 0 radical (unpaired) electrons. The summed E-state index contributed by atoms with van der Waals surface area (Å²) < 4.78 is 5.60. The van der Waals surface area contributed by atoms with E-state index in [0.717, 1.165) is 58.2 Å². The smallest absolute Gasteiger partial charge is 0.317 e. The zero-order valence-electron chi connectivity index (χ0n) is 14.1. The van der Waals surface area contributed by atoms with Crippen molar-refractivity contribution < 1.29 is 9.53 Å². The summed E-state index contributed by atoms with van der Waals surface area (Å²) in [7, 11) is 0. The maximum absolute atomic E-state index is 12.3. The van der Waals surface area contributed by atoms with Gasteiger partial charge in [-0.2, -0.15) is 0 Å². The summed E-state index contributed by atoms with van der Waals surface area (Å²) in [6.07, 6.45) is 14.7. The van der Waals surface area contributed by atoms with Crippen LogP contribution in [0.3, 0.4) is 0 Å². The molecular formula is C18H31N3O2. The lowest BCUT2D eigenvalue weighted by Gasteiger charge is -2.35. The first-order valence-electron chi connectivity index (χ1n) is 9.40. The number of carbonyl (C=O) groups is 1. The van der Waals surface area contributed by atoms with Crippen LogP contribution in [-0.4, -0.2) is 48.8 Å². The van der Waals surface area contributed by atoms with Crippen LogP contribution < -0.4 is 10.6 Å². The van der Waals surface area contributed by atoms with Gasteiger partial charge in [0.25, 0.3) is 0 Å². The Balaban J connectivity index is 1.32. The SMILES string of the molecule is O=C(NC1CCCCC1)N1CCC(NCC2CCC=CO2)CC1. The molecule has 130 valence electrons. The highest BCUT2D eigenvalue weighted by Gasteiger charge is 2.25. The van der Waals surface area contributed by atoms with Crippen LogP contribution in [0.2, 0.25) is 0 Å². The normalized spacial score (nSPS) is 26.8. The van der Waals surface area contributed by atoms with Gasteiger partial charge in [-0.3, -0.25) is 0 Å². The van der Waals surface area contributed by atoms with E-state index >= 15 is 0 Å². The first kappa shape index (κ1) is 16.6. The number of nitrogens with zero attached hydrogens (tertiary/aromatic N) is 1. The number of hydrogen-bond acceptors (Lipinski definition) is 3. The molecule has 2 aliphatic heterocycles. The molecule has 3 aliphatic rings. The van der Waals surface area contributed by atoms with Crippen molar-refractivity contribution in [3.05, 3.63) is 12.3 Å². The summed E-state index contributed by atoms with van der Waals surface area (Å²) in [4.78, 5) is 14.3. The molecule has 1 unspecified atom stereocenters. The molecule has 1 atom stereocenters. The number of nitrogens with one attached hydrogen (secondary N) is 2. The van der Waals surface area contributed by atoms with E-state index in [1.165, 1.54) is 19.3 Å². The van der Waals surface area contributed by atoms with Gasteiger partial charge in [-0.1, -0.05) is 19.3 Å².